The third-order valence-corrected chi connectivity index (χ3v) is 3.39. The summed E-state index contributed by atoms with van der Waals surface area (Å²) < 4.78 is 18.0. The molecule has 0 spiro atoms. The summed E-state index contributed by atoms with van der Waals surface area (Å²) in [7, 11) is 1.70. The van der Waals surface area contributed by atoms with Crippen molar-refractivity contribution in [1.29, 1.82) is 0 Å². The maximum Gasteiger partial charge on any atom is 0.123 e. The summed E-state index contributed by atoms with van der Waals surface area (Å²) in [6.07, 6.45) is 1.73. The number of methoxy groups -OCH3 is 1. The van der Waals surface area contributed by atoms with Crippen molar-refractivity contribution in [3.8, 4) is 0 Å². The van der Waals surface area contributed by atoms with Gasteiger partial charge in [0.15, 0.2) is 0 Å². The van der Waals surface area contributed by atoms with Gasteiger partial charge >= 0.3 is 0 Å². The average molecular weight is 243 g/mol. The number of benzene rings is 1. The normalized spacial score (nSPS) is 10.7. The van der Waals surface area contributed by atoms with E-state index >= 15 is 0 Å². The summed E-state index contributed by atoms with van der Waals surface area (Å²) in [4.78, 5) is 1.13. The fraction of sp³-hybridized carbons (Fsp3) is 0.500. The highest BCUT2D eigenvalue weighted by molar-refractivity contribution is 7.99. The molecule has 0 heterocycles. The minimum Gasteiger partial charge on any atom is -0.385 e. The molecule has 2 N–H and O–H groups in total. The van der Waals surface area contributed by atoms with Crippen LogP contribution in [0.15, 0.2) is 23.1 Å². The largest absolute Gasteiger partial charge is 0.385 e. The van der Waals surface area contributed by atoms with Crippen LogP contribution in [0.25, 0.3) is 0 Å². The highest BCUT2D eigenvalue weighted by Crippen LogP contribution is 2.24. The van der Waals surface area contributed by atoms with E-state index in [2.05, 4.69) is 0 Å². The Bertz CT molecular complexity index is 320. The Morgan fingerprint density at radius 2 is 2.25 bits per heavy atom. The van der Waals surface area contributed by atoms with Gasteiger partial charge in [0.1, 0.15) is 5.82 Å². The molecule has 0 amide bonds. The first-order valence-electron chi connectivity index (χ1n) is 5.38. The molecule has 0 fully saturated rings. The van der Waals surface area contributed by atoms with Crippen LogP contribution in [0.4, 0.5) is 4.39 Å². The van der Waals surface area contributed by atoms with Crippen molar-refractivity contribution in [2.75, 3.05) is 26.0 Å². The van der Waals surface area contributed by atoms with E-state index in [4.69, 9.17) is 10.5 Å². The Morgan fingerprint density at radius 1 is 1.44 bits per heavy atom. The number of rotatable bonds is 7. The van der Waals surface area contributed by atoms with E-state index in [1.165, 1.54) is 6.07 Å². The van der Waals surface area contributed by atoms with Crippen molar-refractivity contribution >= 4 is 11.8 Å². The second-order valence-electron chi connectivity index (χ2n) is 3.49. The molecule has 0 bridgehead atoms. The van der Waals surface area contributed by atoms with Gasteiger partial charge < -0.3 is 10.5 Å². The lowest BCUT2D eigenvalue weighted by molar-refractivity contribution is 0.200. The lowest BCUT2D eigenvalue weighted by Crippen LogP contribution is -2.04. The van der Waals surface area contributed by atoms with Crippen molar-refractivity contribution in [3.63, 3.8) is 0 Å². The quantitative estimate of drug-likeness (QED) is 0.590. The van der Waals surface area contributed by atoms with Crippen molar-refractivity contribution in [1.82, 2.24) is 0 Å². The lowest BCUT2D eigenvalue weighted by atomic mass is 10.1. The number of halogens is 1. The zero-order valence-electron chi connectivity index (χ0n) is 9.54. The monoisotopic (exact) mass is 243 g/mol. The van der Waals surface area contributed by atoms with Crippen LogP contribution in [0.3, 0.4) is 0 Å². The van der Waals surface area contributed by atoms with Crippen LogP contribution in [0.5, 0.6) is 0 Å². The Balaban J connectivity index is 2.56. The number of thioether (sulfide) groups is 1. The van der Waals surface area contributed by atoms with Crippen LogP contribution < -0.4 is 5.73 Å². The zero-order chi connectivity index (χ0) is 11.8. The predicted octanol–water partition coefficient (Wildman–Crippen LogP) is 2.46. The Kier molecular flexibility index (Phi) is 6.45. The molecule has 1 aromatic carbocycles. The van der Waals surface area contributed by atoms with Crippen LogP contribution in [-0.2, 0) is 11.2 Å². The molecule has 0 saturated heterocycles. The summed E-state index contributed by atoms with van der Waals surface area (Å²) in [5, 5.41) is 0. The Morgan fingerprint density at radius 3 is 2.94 bits per heavy atom. The molecule has 0 unspecified atom stereocenters. The average Bonchev–Trinajstić information content (AvgIpc) is 2.27. The maximum absolute atomic E-state index is 13.0. The number of hydrogen-bond donors (Lipinski definition) is 1. The topological polar surface area (TPSA) is 35.2 Å². The van der Waals surface area contributed by atoms with Crippen LogP contribution in [0.1, 0.15) is 12.0 Å². The molecule has 4 heteroatoms. The zero-order valence-corrected chi connectivity index (χ0v) is 10.4. The van der Waals surface area contributed by atoms with E-state index in [1.807, 2.05) is 6.07 Å². The van der Waals surface area contributed by atoms with Gasteiger partial charge in [0, 0.05) is 24.4 Å². The molecule has 0 aliphatic carbocycles. The van der Waals surface area contributed by atoms with Gasteiger partial charge in [-0.2, -0.15) is 0 Å². The Labute approximate surface area is 100 Å². The molecule has 0 aliphatic rings. The molecule has 0 saturated carbocycles. The molecule has 0 atom stereocenters. The Hall–Kier alpha value is -0.580. The highest BCUT2D eigenvalue weighted by Gasteiger charge is 2.04. The summed E-state index contributed by atoms with van der Waals surface area (Å²) in [5.41, 5.74) is 6.51. The molecule has 1 rings (SSSR count). The third-order valence-electron chi connectivity index (χ3n) is 2.19. The van der Waals surface area contributed by atoms with Crippen LogP contribution in [0.2, 0.25) is 0 Å². The van der Waals surface area contributed by atoms with E-state index in [-0.39, 0.29) is 5.82 Å². The van der Waals surface area contributed by atoms with E-state index in [9.17, 15) is 4.39 Å². The molecule has 0 aromatic heterocycles. The summed E-state index contributed by atoms with van der Waals surface area (Å²) in [6, 6.07) is 4.90. The molecule has 90 valence electrons. The van der Waals surface area contributed by atoms with Crippen LogP contribution in [0, 0.1) is 5.82 Å². The van der Waals surface area contributed by atoms with Gasteiger partial charge in [-0.25, -0.2) is 4.39 Å². The van der Waals surface area contributed by atoms with Crippen molar-refractivity contribution in [2.24, 2.45) is 5.73 Å². The third kappa shape index (κ3) is 4.51. The first-order valence-corrected chi connectivity index (χ1v) is 6.36. The maximum atomic E-state index is 13.0. The molecule has 1 aromatic rings. The smallest absolute Gasteiger partial charge is 0.123 e. The van der Waals surface area contributed by atoms with Crippen LogP contribution >= 0.6 is 11.8 Å². The van der Waals surface area contributed by atoms with Crippen molar-refractivity contribution in [3.05, 3.63) is 29.6 Å². The minimum atomic E-state index is -0.190. The SMILES string of the molecule is COCCCSc1ccc(F)cc1CCN. The van der Waals surface area contributed by atoms with Crippen molar-refractivity contribution < 1.29 is 9.13 Å². The van der Waals surface area contributed by atoms with Gasteiger partial charge in [-0.15, -0.1) is 11.8 Å². The molecule has 0 aliphatic heterocycles. The molecule has 2 nitrogen and oxygen atoms in total. The van der Waals surface area contributed by atoms with Gasteiger partial charge in [-0.3, -0.25) is 0 Å². The molecule has 16 heavy (non-hydrogen) atoms. The van der Waals surface area contributed by atoms with Crippen LogP contribution in [-0.4, -0.2) is 26.0 Å². The fourth-order valence-electron chi connectivity index (χ4n) is 1.43. The van der Waals surface area contributed by atoms with E-state index < -0.39 is 0 Å². The van der Waals surface area contributed by atoms with Crippen molar-refractivity contribution in [2.45, 2.75) is 17.7 Å². The molecular weight excluding hydrogens is 225 g/mol. The van der Waals surface area contributed by atoms with Gasteiger partial charge in [0.05, 0.1) is 0 Å². The standard InChI is InChI=1S/C12H18FNOS/c1-15-7-2-8-16-12-4-3-11(13)9-10(12)5-6-14/h3-4,9H,2,5-8,14H2,1H3. The van der Waals surface area contributed by atoms with Gasteiger partial charge in [-0.1, -0.05) is 0 Å². The first kappa shape index (κ1) is 13.5. The molecule has 0 radical (unpaired) electrons. The van der Waals surface area contributed by atoms with Gasteiger partial charge in [0.25, 0.3) is 0 Å². The highest BCUT2D eigenvalue weighted by atomic mass is 32.2. The summed E-state index contributed by atoms with van der Waals surface area (Å²) in [6.45, 7) is 1.31. The van der Waals surface area contributed by atoms with E-state index in [1.54, 1.807) is 24.9 Å². The summed E-state index contributed by atoms with van der Waals surface area (Å²) in [5.74, 6) is 0.793. The number of nitrogens with two attached hydrogens (primary N) is 1. The molecular formula is C12H18FNOS. The van der Waals surface area contributed by atoms with E-state index in [0.29, 0.717) is 6.54 Å². The minimum absolute atomic E-state index is 0.190. The fourth-order valence-corrected chi connectivity index (χ4v) is 2.42. The number of hydrogen-bond acceptors (Lipinski definition) is 3. The predicted molar refractivity (Wildman–Crippen MR) is 66.4 cm³/mol. The number of ether oxygens (including phenoxy) is 1. The van der Waals surface area contributed by atoms with Gasteiger partial charge in [-0.05, 0) is 43.1 Å². The second-order valence-corrected chi connectivity index (χ2v) is 4.62. The summed E-state index contributed by atoms with van der Waals surface area (Å²) >= 11 is 1.73. The lowest BCUT2D eigenvalue weighted by Gasteiger charge is -2.08. The van der Waals surface area contributed by atoms with Gasteiger partial charge in [0.2, 0.25) is 0 Å². The van der Waals surface area contributed by atoms with E-state index in [0.717, 1.165) is 35.7 Å². The first-order chi connectivity index (χ1) is 7.77. The second kappa shape index (κ2) is 7.65.